The lowest BCUT2D eigenvalue weighted by atomic mass is 10.1. The third kappa shape index (κ3) is 2.73. The van der Waals surface area contributed by atoms with Crippen molar-refractivity contribution in [1.82, 2.24) is 14.9 Å². The largest absolute Gasteiger partial charge is 0.342 e. The fraction of sp³-hybridized carbons (Fsp3) is 0.375. The summed E-state index contributed by atoms with van der Waals surface area (Å²) < 4.78 is 0. The van der Waals surface area contributed by atoms with Crippen molar-refractivity contribution in [2.75, 3.05) is 13.1 Å². The molecule has 2 rings (SSSR count). The molecule has 4 heteroatoms. The van der Waals surface area contributed by atoms with Gasteiger partial charge < -0.3 is 4.98 Å². The molecule has 20 heavy (non-hydrogen) atoms. The van der Waals surface area contributed by atoms with Gasteiger partial charge in [-0.25, -0.2) is 4.98 Å². The highest BCUT2D eigenvalue weighted by Crippen LogP contribution is 2.25. The number of nitriles is 1. The zero-order valence-electron chi connectivity index (χ0n) is 12.2. The van der Waals surface area contributed by atoms with Gasteiger partial charge in [0.05, 0.1) is 11.8 Å². The molecule has 1 atom stereocenters. The number of rotatable bonds is 5. The molecule has 0 aliphatic rings. The summed E-state index contributed by atoms with van der Waals surface area (Å²) in [5.74, 6) is 0.825. The molecule has 0 amide bonds. The van der Waals surface area contributed by atoms with Gasteiger partial charge in [-0.1, -0.05) is 44.2 Å². The van der Waals surface area contributed by atoms with Crippen molar-refractivity contribution >= 4 is 0 Å². The molecule has 1 heterocycles. The van der Waals surface area contributed by atoms with Crippen LogP contribution in [0.1, 0.15) is 31.3 Å². The van der Waals surface area contributed by atoms with E-state index in [0.29, 0.717) is 0 Å². The van der Waals surface area contributed by atoms with Gasteiger partial charge in [0.25, 0.3) is 0 Å². The van der Waals surface area contributed by atoms with Crippen molar-refractivity contribution in [1.29, 1.82) is 5.26 Å². The number of aryl methyl sites for hydroxylation is 1. The van der Waals surface area contributed by atoms with E-state index in [4.69, 9.17) is 0 Å². The summed E-state index contributed by atoms with van der Waals surface area (Å²) in [6, 6.07) is 12.1. The van der Waals surface area contributed by atoms with E-state index >= 15 is 0 Å². The molecule has 0 saturated carbocycles. The summed E-state index contributed by atoms with van der Waals surface area (Å²) in [4.78, 5) is 10.0. The molecular weight excluding hydrogens is 248 g/mol. The number of aromatic amines is 1. The molecule has 0 fully saturated rings. The predicted molar refractivity (Wildman–Crippen MR) is 80.0 cm³/mol. The van der Waals surface area contributed by atoms with Gasteiger partial charge in [0.1, 0.15) is 11.9 Å². The second-order valence-corrected chi connectivity index (χ2v) is 4.71. The molecule has 0 aliphatic carbocycles. The number of nitrogens with zero attached hydrogens (tertiary/aromatic N) is 3. The highest BCUT2D eigenvalue weighted by Gasteiger charge is 2.23. The maximum absolute atomic E-state index is 9.47. The molecule has 0 spiro atoms. The van der Waals surface area contributed by atoms with Crippen LogP contribution in [0.5, 0.6) is 0 Å². The maximum atomic E-state index is 9.47. The Labute approximate surface area is 120 Å². The minimum atomic E-state index is -0.293. The van der Waals surface area contributed by atoms with Crippen LogP contribution in [-0.4, -0.2) is 28.0 Å². The first-order chi connectivity index (χ1) is 9.71. The molecule has 1 aromatic carbocycles. The van der Waals surface area contributed by atoms with Crippen LogP contribution in [0, 0.1) is 18.3 Å². The van der Waals surface area contributed by atoms with Crippen molar-refractivity contribution in [3.05, 3.63) is 41.7 Å². The van der Waals surface area contributed by atoms with Crippen molar-refractivity contribution in [2.24, 2.45) is 0 Å². The zero-order valence-corrected chi connectivity index (χ0v) is 12.2. The Morgan fingerprint density at radius 1 is 1.25 bits per heavy atom. The lowest BCUT2D eigenvalue weighted by Gasteiger charge is -2.22. The van der Waals surface area contributed by atoms with Crippen LogP contribution in [0.3, 0.4) is 0 Å². The normalized spacial score (nSPS) is 12.3. The highest BCUT2D eigenvalue weighted by molar-refractivity contribution is 5.56. The quantitative estimate of drug-likeness (QED) is 0.905. The Morgan fingerprint density at radius 2 is 1.90 bits per heavy atom. The molecule has 1 aromatic heterocycles. The van der Waals surface area contributed by atoms with E-state index in [1.807, 2.05) is 37.3 Å². The van der Waals surface area contributed by atoms with Crippen molar-refractivity contribution < 1.29 is 0 Å². The van der Waals surface area contributed by atoms with E-state index in [9.17, 15) is 5.26 Å². The molecule has 1 N–H and O–H groups in total. The Kier molecular flexibility index (Phi) is 4.54. The van der Waals surface area contributed by atoms with Gasteiger partial charge in [-0.15, -0.1) is 0 Å². The smallest absolute Gasteiger partial charge is 0.142 e. The summed E-state index contributed by atoms with van der Waals surface area (Å²) >= 11 is 0. The molecule has 4 nitrogen and oxygen atoms in total. The summed E-state index contributed by atoms with van der Waals surface area (Å²) in [5, 5.41) is 9.47. The Bertz CT molecular complexity index is 591. The van der Waals surface area contributed by atoms with Gasteiger partial charge in [0, 0.05) is 11.3 Å². The summed E-state index contributed by atoms with van der Waals surface area (Å²) in [7, 11) is 0. The van der Waals surface area contributed by atoms with E-state index in [2.05, 4.69) is 34.8 Å². The standard InChI is InChI=1S/C16H20N4/c1-4-20(5-2)14(11-17)15-12(3)18-16(19-15)13-9-7-6-8-10-13/h6-10,14H,4-5H2,1-3H3,(H,18,19). The Balaban J connectivity index is 2.39. The minimum Gasteiger partial charge on any atom is -0.342 e. The number of hydrogen-bond donors (Lipinski definition) is 1. The monoisotopic (exact) mass is 268 g/mol. The topological polar surface area (TPSA) is 55.7 Å². The van der Waals surface area contributed by atoms with E-state index < -0.39 is 0 Å². The molecule has 0 aliphatic heterocycles. The number of H-pyrrole nitrogens is 1. The summed E-state index contributed by atoms with van der Waals surface area (Å²) in [5.41, 5.74) is 2.83. The number of imidazole rings is 1. The van der Waals surface area contributed by atoms with Crippen molar-refractivity contribution in [2.45, 2.75) is 26.8 Å². The maximum Gasteiger partial charge on any atom is 0.142 e. The molecule has 0 bridgehead atoms. The van der Waals surface area contributed by atoms with Gasteiger partial charge in [-0.05, 0) is 20.0 Å². The average molecular weight is 268 g/mol. The predicted octanol–water partition coefficient (Wildman–Crippen LogP) is 3.29. The van der Waals surface area contributed by atoms with Crippen molar-refractivity contribution in [3.63, 3.8) is 0 Å². The van der Waals surface area contributed by atoms with Gasteiger partial charge in [0.15, 0.2) is 0 Å². The molecule has 2 aromatic rings. The third-order valence-corrected chi connectivity index (χ3v) is 3.53. The first-order valence-corrected chi connectivity index (χ1v) is 6.96. The average Bonchev–Trinajstić information content (AvgIpc) is 2.87. The third-order valence-electron chi connectivity index (χ3n) is 3.53. The van der Waals surface area contributed by atoms with Crippen LogP contribution in [-0.2, 0) is 0 Å². The fourth-order valence-electron chi connectivity index (χ4n) is 2.38. The van der Waals surface area contributed by atoms with Gasteiger partial charge in [-0.3, -0.25) is 4.90 Å². The van der Waals surface area contributed by atoms with E-state index in [1.165, 1.54) is 0 Å². The summed E-state index contributed by atoms with van der Waals surface area (Å²) in [6.45, 7) is 7.77. The first-order valence-electron chi connectivity index (χ1n) is 6.96. The number of benzene rings is 1. The van der Waals surface area contributed by atoms with Crippen LogP contribution in [0.15, 0.2) is 30.3 Å². The van der Waals surface area contributed by atoms with Crippen LogP contribution < -0.4 is 0 Å². The van der Waals surface area contributed by atoms with Gasteiger partial charge >= 0.3 is 0 Å². The van der Waals surface area contributed by atoms with E-state index in [0.717, 1.165) is 35.9 Å². The Morgan fingerprint density at radius 3 is 2.45 bits per heavy atom. The number of nitrogens with one attached hydrogen (secondary N) is 1. The highest BCUT2D eigenvalue weighted by atomic mass is 15.2. The van der Waals surface area contributed by atoms with E-state index in [1.54, 1.807) is 0 Å². The van der Waals surface area contributed by atoms with Crippen molar-refractivity contribution in [3.8, 4) is 17.5 Å². The molecule has 0 radical (unpaired) electrons. The van der Waals surface area contributed by atoms with Crippen LogP contribution >= 0.6 is 0 Å². The summed E-state index contributed by atoms with van der Waals surface area (Å²) in [6.07, 6.45) is 0. The van der Waals surface area contributed by atoms with E-state index in [-0.39, 0.29) is 6.04 Å². The molecule has 104 valence electrons. The lowest BCUT2D eigenvalue weighted by molar-refractivity contribution is 0.258. The first kappa shape index (κ1) is 14.3. The molecule has 0 saturated heterocycles. The molecule has 1 unspecified atom stereocenters. The second-order valence-electron chi connectivity index (χ2n) is 4.71. The van der Waals surface area contributed by atoms with Gasteiger partial charge in [0.2, 0.25) is 0 Å². The number of aromatic nitrogens is 2. The van der Waals surface area contributed by atoms with Gasteiger partial charge in [-0.2, -0.15) is 5.26 Å². The van der Waals surface area contributed by atoms with Crippen LogP contribution in [0.25, 0.3) is 11.4 Å². The van der Waals surface area contributed by atoms with Crippen LogP contribution in [0.4, 0.5) is 0 Å². The fourth-order valence-corrected chi connectivity index (χ4v) is 2.38. The SMILES string of the molecule is CCN(CC)C(C#N)c1nc(-c2ccccc2)[nH]c1C. The lowest BCUT2D eigenvalue weighted by Crippen LogP contribution is -2.28. The second kappa shape index (κ2) is 6.36. The zero-order chi connectivity index (χ0) is 14.5. The number of hydrogen-bond acceptors (Lipinski definition) is 3. The van der Waals surface area contributed by atoms with Crippen LogP contribution in [0.2, 0.25) is 0 Å². The Hall–Kier alpha value is -2.12. The molecular formula is C16H20N4. The minimum absolute atomic E-state index is 0.293.